The number of carboxylic acid groups (broad SMARTS) is 1. The zero-order chi connectivity index (χ0) is 13.6. The maximum Gasteiger partial charge on any atom is 0.321 e. The lowest BCUT2D eigenvalue weighted by atomic mass is 10.1. The smallest absolute Gasteiger partial charge is 0.321 e. The van der Waals surface area contributed by atoms with Gasteiger partial charge in [0.1, 0.15) is 6.04 Å². The van der Waals surface area contributed by atoms with Crippen LogP contribution in [0.3, 0.4) is 0 Å². The van der Waals surface area contributed by atoms with Crippen molar-refractivity contribution in [2.75, 3.05) is 5.75 Å². The van der Waals surface area contributed by atoms with E-state index in [4.69, 9.17) is 5.11 Å². The van der Waals surface area contributed by atoms with Crippen LogP contribution >= 0.6 is 0 Å². The molecule has 5 nitrogen and oxygen atoms in total. The molecule has 18 heavy (non-hydrogen) atoms. The fraction of sp³-hybridized carbons (Fsp3) is 0.917. The average molecular weight is 277 g/mol. The van der Waals surface area contributed by atoms with Gasteiger partial charge in [-0.25, -0.2) is 13.1 Å². The Morgan fingerprint density at radius 2 is 2.00 bits per heavy atom. The van der Waals surface area contributed by atoms with Crippen molar-refractivity contribution >= 4 is 16.0 Å². The van der Waals surface area contributed by atoms with E-state index in [9.17, 15) is 13.2 Å². The van der Waals surface area contributed by atoms with E-state index in [1.54, 1.807) is 0 Å². The number of rotatable bonds is 8. The molecule has 106 valence electrons. The topological polar surface area (TPSA) is 83.5 Å². The Kier molecular flexibility index (Phi) is 6.08. The van der Waals surface area contributed by atoms with Crippen molar-refractivity contribution in [3.63, 3.8) is 0 Å². The molecule has 0 saturated heterocycles. The molecule has 1 aliphatic carbocycles. The maximum absolute atomic E-state index is 11.9. The Balaban J connectivity index is 2.52. The predicted octanol–water partition coefficient (Wildman–Crippen LogP) is 1.74. The number of carbonyl (C=O) groups is 1. The van der Waals surface area contributed by atoms with E-state index in [0.29, 0.717) is 12.8 Å². The zero-order valence-corrected chi connectivity index (χ0v) is 11.7. The zero-order valence-electron chi connectivity index (χ0n) is 10.9. The monoisotopic (exact) mass is 277 g/mol. The lowest BCUT2D eigenvalue weighted by molar-refractivity contribution is -0.139. The van der Waals surface area contributed by atoms with E-state index in [-0.39, 0.29) is 11.7 Å². The second-order valence-corrected chi connectivity index (χ2v) is 6.88. The van der Waals surface area contributed by atoms with Gasteiger partial charge < -0.3 is 5.11 Å². The molecule has 1 aliphatic rings. The molecule has 6 heteroatoms. The molecule has 0 aromatic heterocycles. The molecule has 1 fully saturated rings. The molecule has 0 aromatic carbocycles. The Morgan fingerprint density at radius 1 is 1.39 bits per heavy atom. The Labute approximate surface area is 109 Å². The van der Waals surface area contributed by atoms with Crippen molar-refractivity contribution in [3.05, 3.63) is 0 Å². The first-order valence-electron chi connectivity index (χ1n) is 6.67. The highest BCUT2D eigenvalue weighted by molar-refractivity contribution is 7.89. The minimum Gasteiger partial charge on any atom is -0.480 e. The van der Waals surface area contributed by atoms with E-state index in [1.807, 2.05) is 6.92 Å². The normalized spacial score (nSPS) is 18.9. The molecule has 1 saturated carbocycles. The van der Waals surface area contributed by atoms with Gasteiger partial charge in [-0.3, -0.25) is 4.79 Å². The summed E-state index contributed by atoms with van der Waals surface area (Å²) in [4.78, 5) is 11.0. The summed E-state index contributed by atoms with van der Waals surface area (Å²) < 4.78 is 26.1. The van der Waals surface area contributed by atoms with Crippen molar-refractivity contribution < 1.29 is 18.3 Å². The van der Waals surface area contributed by atoms with Crippen LogP contribution in [0.5, 0.6) is 0 Å². The van der Waals surface area contributed by atoms with Gasteiger partial charge >= 0.3 is 5.97 Å². The van der Waals surface area contributed by atoms with Crippen LogP contribution in [0.15, 0.2) is 0 Å². The number of unbranched alkanes of at least 4 members (excludes halogenated alkanes) is 1. The molecular weight excluding hydrogens is 254 g/mol. The van der Waals surface area contributed by atoms with Gasteiger partial charge in [-0.2, -0.15) is 0 Å². The van der Waals surface area contributed by atoms with Crippen molar-refractivity contribution in [2.45, 2.75) is 57.9 Å². The molecule has 0 amide bonds. The fourth-order valence-corrected chi connectivity index (χ4v) is 4.10. The highest BCUT2D eigenvalue weighted by Crippen LogP contribution is 2.25. The first-order valence-corrected chi connectivity index (χ1v) is 8.32. The summed E-state index contributed by atoms with van der Waals surface area (Å²) in [6.07, 6.45) is 5.96. The van der Waals surface area contributed by atoms with Gasteiger partial charge in [0, 0.05) is 0 Å². The average Bonchev–Trinajstić information content (AvgIpc) is 2.75. The summed E-state index contributed by atoms with van der Waals surface area (Å²) in [6, 6.07) is -0.976. The van der Waals surface area contributed by atoms with Crippen LogP contribution in [-0.4, -0.2) is 31.3 Å². The largest absolute Gasteiger partial charge is 0.480 e. The first kappa shape index (κ1) is 15.4. The molecule has 0 spiro atoms. The van der Waals surface area contributed by atoms with Crippen LogP contribution in [0.25, 0.3) is 0 Å². The summed E-state index contributed by atoms with van der Waals surface area (Å²) >= 11 is 0. The summed E-state index contributed by atoms with van der Waals surface area (Å²) in [5, 5.41) is 9.00. The summed E-state index contributed by atoms with van der Waals surface area (Å²) in [6.45, 7) is 1.95. The molecular formula is C12H23NO4S. The van der Waals surface area contributed by atoms with Crippen LogP contribution in [0.4, 0.5) is 0 Å². The number of nitrogens with one attached hydrogen (secondary N) is 1. The molecule has 0 aromatic rings. The minimum atomic E-state index is -3.47. The number of carboxylic acids is 1. The molecule has 0 radical (unpaired) electrons. The number of hydrogen-bond donors (Lipinski definition) is 2. The third-order valence-electron chi connectivity index (χ3n) is 3.40. The summed E-state index contributed by atoms with van der Waals surface area (Å²) in [5.41, 5.74) is 0. The van der Waals surface area contributed by atoms with Crippen LogP contribution in [-0.2, 0) is 14.8 Å². The quantitative estimate of drug-likeness (QED) is 0.708. The van der Waals surface area contributed by atoms with Gasteiger partial charge in [-0.1, -0.05) is 32.6 Å². The highest BCUT2D eigenvalue weighted by atomic mass is 32.2. The second kappa shape index (κ2) is 7.09. The number of sulfonamides is 1. The van der Waals surface area contributed by atoms with Gasteiger partial charge in [0.25, 0.3) is 0 Å². The summed E-state index contributed by atoms with van der Waals surface area (Å²) in [7, 11) is -3.47. The molecule has 0 heterocycles. The van der Waals surface area contributed by atoms with Crippen molar-refractivity contribution in [1.82, 2.24) is 4.72 Å². The van der Waals surface area contributed by atoms with Crippen molar-refractivity contribution in [2.24, 2.45) is 5.92 Å². The van der Waals surface area contributed by atoms with E-state index in [2.05, 4.69) is 4.72 Å². The molecule has 1 rings (SSSR count). The molecule has 2 N–H and O–H groups in total. The molecule has 1 atom stereocenters. The third kappa shape index (κ3) is 5.35. The van der Waals surface area contributed by atoms with Crippen LogP contribution in [0, 0.1) is 5.92 Å². The number of hydrogen-bond acceptors (Lipinski definition) is 3. The molecule has 1 unspecified atom stereocenters. The molecule has 0 aliphatic heterocycles. The van der Waals surface area contributed by atoms with Crippen molar-refractivity contribution in [3.8, 4) is 0 Å². The number of aliphatic carboxylic acids is 1. The van der Waals surface area contributed by atoms with Gasteiger partial charge in [0.2, 0.25) is 10.0 Å². The second-order valence-electron chi connectivity index (χ2n) is 5.08. The lowest BCUT2D eigenvalue weighted by Gasteiger charge is -2.16. The summed E-state index contributed by atoms with van der Waals surface area (Å²) in [5.74, 6) is -0.815. The van der Waals surface area contributed by atoms with E-state index >= 15 is 0 Å². The van der Waals surface area contributed by atoms with Crippen LogP contribution < -0.4 is 4.72 Å². The fourth-order valence-electron chi connectivity index (χ4n) is 2.39. The molecule has 0 bridgehead atoms. The van der Waals surface area contributed by atoms with Gasteiger partial charge in [-0.15, -0.1) is 0 Å². The maximum atomic E-state index is 11.9. The van der Waals surface area contributed by atoms with E-state index in [0.717, 1.165) is 32.1 Å². The van der Waals surface area contributed by atoms with Gasteiger partial charge in [0.05, 0.1) is 5.75 Å². The Bertz CT molecular complexity index is 360. The minimum absolute atomic E-state index is 0.0723. The lowest BCUT2D eigenvalue weighted by Crippen LogP contribution is -2.42. The van der Waals surface area contributed by atoms with Crippen molar-refractivity contribution in [1.29, 1.82) is 0 Å². The first-order chi connectivity index (χ1) is 8.44. The van der Waals surface area contributed by atoms with Crippen LogP contribution in [0.1, 0.15) is 51.9 Å². The Hall–Kier alpha value is -0.620. The predicted molar refractivity (Wildman–Crippen MR) is 69.8 cm³/mol. The highest BCUT2D eigenvalue weighted by Gasteiger charge is 2.27. The van der Waals surface area contributed by atoms with Gasteiger partial charge in [0.15, 0.2) is 0 Å². The van der Waals surface area contributed by atoms with Crippen LogP contribution in [0.2, 0.25) is 0 Å². The Morgan fingerprint density at radius 3 is 2.50 bits per heavy atom. The van der Waals surface area contributed by atoms with E-state index in [1.165, 1.54) is 0 Å². The van der Waals surface area contributed by atoms with E-state index < -0.39 is 22.0 Å². The van der Waals surface area contributed by atoms with Gasteiger partial charge in [-0.05, 0) is 25.2 Å². The third-order valence-corrected chi connectivity index (χ3v) is 4.95. The standard InChI is InChI=1S/C12H23NO4S/c1-2-3-8-11(12(14)15)13-18(16,17)9-10-6-4-5-7-10/h10-11,13H,2-9H2,1H3,(H,14,15). The SMILES string of the molecule is CCCCC(NS(=O)(=O)CC1CCCC1)C(=O)O.